The van der Waals surface area contributed by atoms with E-state index in [1.54, 1.807) is 14.2 Å². The molecule has 14 heavy (non-hydrogen) atoms. The Hall–Kier alpha value is -1.22. The summed E-state index contributed by atoms with van der Waals surface area (Å²) in [5.74, 6) is 1.70. The molecule has 0 aliphatic carbocycles. The zero-order valence-corrected chi connectivity index (χ0v) is 8.61. The second kappa shape index (κ2) is 3.50. The van der Waals surface area contributed by atoms with Gasteiger partial charge in [0.25, 0.3) is 0 Å². The Morgan fingerprint density at radius 3 is 2.43 bits per heavy atom. The third kappa shape index (κ3) is 1.55. The lowest BCUT2D eigenvalue weighted by atomic mass is 10.1. The second-order valence-corrected chi connectivity index (χ2v) is 3.37. The van der Waals surface area contributed by atoms with Crippen molar-refractivity contribution >= 4 is 0 Å². The number of hydrogen-bond acceptors (Lipinski definition) is 3. The minimum absolute atomic E-state index is 0.167. The predicted molar refractivity (Wildman–Crippen MR) is 52.8 cm³/mol. The van der Waals surface area contributed by atoms with Crippen molar-refractivity contribution in [2.24, 2.45) is 0 Å². The fraction of sp³-hybridized carbons (Fsp3) is 0.455. The van der Waals surface area contributed by atoms with Crippen LogP contribution in [0.25, 0.3) is 0 Å². The second-order valence-electron chi connectivity index (χ2n) is 3.37. The molecule has 0 spiro atoms. The van der Waals surface area contributed by atoms with Gasteiger partial charge in [0.2, 0.25) is 0 Å². The molecule has 0 amide bonds. The highest BCUT2D eigenvalue weighted by atomic mass is 16.6. The average Bonchev–Trinajstić information content (AvgIpc) is 2.94. The summed E-state index contributed by atoms with van der Waals surface area (Å²) in [6.45, 7) is 2.05. The summed E-state index contributed by atoms with van der Waals surface area (Å²) in [4.78, 5) is 0. The Balaban J connectivity index is 2.33. The molecule has 1 aromatic carbocycles. The van der Waals surface area contributed by atoms with Gasteiger partial charge in [-0.05, 0) is 25.1 Å². The molecule has 1 heterocycles. The number of benzene rings is 1. The molecule has 3 nitrogen and oxygen atoms in total. The highest BCUT2D eigenvalue weighted by Gasteiger charge is 2.38. The van der Waals surface area contributed by atoms with E-state index >= 15 is 0 Å². The molecule has 2 rings (SSSR count). The highest BCUT2D eigenvalue weighted by Crippen LogP contribution is 2.43. The molecular formula is C11H14O3. The van der Waals surface area contributed by atoms with Gasteiger partial charge in [0.05, 0.1) is 20.3 Å². The van der Waals surface area contributed by atoms with Crippen molar-refractivity contribution in [2.75, 3.05) is 14.2 Å². The third-order valence-corrected chi connectivity index (χ3v) is 2.45. The monoisotopic (exact) mass is 194 g/mol. The predicted octanol–water partition coefficient (Wildman–Crippen LogP) is 2.16. The van der Waals surface area contributed by atoms with Gasteiger partial charge in [-0.2, -0.15) is 0 Å². The standard InChI is InChI=1S/C11H14O3/c1-7-11(14-7)9-6-8(12-2)4-5-10(9)13-3/h4-7,11H,1-3H3/t7-,11-/m1/s1. The van der Waals surface area contributed by atoms with Crippen molar-refractivity contribution in [2.45, 2.75) is 19.1 Å². The summed E-state index contributed by atoms with van der Waals surface area (Å²) in [5.41, 5.74) is 1.07. The van der Waals surface area contributed by atoms with Gasteiger partial charge in [0.1, 0.15) is 17.6 Å². The van der Waals surface area contributed by atoms with Crippen molar-refractivity contribution in [3.8, 4) is 11.5 Å². The van der Waals surface area contributed by atoms with Crippen molar-refractivity contribution in [3.05, 3.63) is 23.8 Å². The molecule has 76 valence electrons. The fourth-order valence-electron chi connectivity index (χ4n) is 1.57. The van der Waals surface area contributed by atoms with E-state index < -0.39 is 0 Å². The Bertz CT molecular complexity index is 335. The fourth-order valence-corrected chi connectivity index (χ4v) is 1.57. The normalized spacial score (nSPS) is 24.5. The van der Waals surface area contributed by atoms with E-state index in [0.29, 0.717) is 0 Å². The molecule has 0 N–H and O–H groups in total. The molecule has 1 aliphatic rings. The van der Waals surface area contributed by atoms with Gasteiger partial charge >= 0.3 is 0 Å². The molecule has 2 atom stereocenters. The SMILES string of the molecule is COc1ccc(OC)c([C@@H]2O[C@@H]2C)c1. The van der Waals surface area contributed by atoms with Crippen molar-refractivity contribution in [1.82, 2.24) is 0 Å². The summed E-state index contributed by atoms with van der Waals surface area (Å²) in [5, 5.41) is 0. The van der Waals surface area contributed by atoms with Crippen LogP contribution in [0.3, 0.4) is 0 Å². The number of ether oxygens (including phenoxy) is 3. The molecular weight excluding hydrogens is 180 g/mol. The van der Waals surface area contributed by atoms with Crippen LogP contribution in [0.5, 0.6) is 11.5 Å². The van der Waals surface area contributed by atoms with E-state index in [1.165, 1.54) is 0 Å². The molecule has 3 heteroatoms. The lowest BCUT2D eigenvalue weighted by Gasteiger charge is -2.08. The van der Waals surface area contributed by atoms with E-state index in [-0.39, 0.29) is 12.2 Å². The Kier molecular flexibility index (Phi) is 2.33. The van der Waals surface area contributed by atoms with Crippen LogP contribution in [0, 0.1) is 0 Å². The van der Waals surface area contributed by atoms with Gasteiger partial charge in [-0.1, -0.05) is 0 Å². The molecule has 0 radical (unpaired) electrons. The number of epoxide rings is 1. The molecule has 1 saturated heterocycles. The molecule has 0 aromatic heterocycles. The van der Waals surface area contributed by atoms with Crippen molar-refractivity contribution < 1.29 is 14.2 Å². The van der Waals surface area contributed by atoms with Gasteiger partial charge in [-0.3, -0.25) is 0 Å². The molecule has 0 saturated carbocycles. The maximum atomic E-state index is 5.41. The lowest BCUT2D eigenvalue weighted by Crippen LogP contribution is -1.93. The van der Waals surface area contributed by atoms with E-state index in [1.807, 2.05) is 25.1 Å². The van der Waals surface area contributed by atoms with E-state index in [2.05, 4.69) is 0 Å². The van der Waals surface area contributed by atoms with Gasteiger partial charge in [0, 0.05) is 5.56 Å². The van der Waals surface area contributed by atoms with Crippen LogP contribution in [0.1, 0.15) is 18.6 Å². The molecule has 0 bridgehead atoms. The first-order valence-electron chi connectivity index (χ1n) is 4.63. The summed E-state index contributed by atoms with van der Waals surface area (Å²) < 4.78 is 15.8. The van der Waals surface area contributed by atoms with Crippen LogP contribution >= 0.6 is 0 Å². The zero-order chi connectivity index (χ0) is 10.1. The maximum Gasteiger partial charge on any atom is 0.125 e. The topological polar surface area (TPSA) is 31.0 Å². The summed E-state index contributed by atoms with van der Waals surface area (Å²) in [6, 6.07) is 5.75. The Morgan fingerprint density at radius 1 is 1.21 bits per heavy atom. The van der Waals surface area contributed by atoms with Gasteiger partial charge in [-0.25, -0.2) is 0 Å². The number of methoxy groups -OCH3 is 2. The van der Waals surface area contributed by atoms with E-state index in [0.717, 1.165) is 17.1 Å². The number of rotatable bonds is 3. The van der Waals surface area contributed by atoms with Crippen LogP contribution in [-0.2, 0) is 4.74 Å². The maximum absolute atomic E-state index is 5.41. The largest absolute Gasteiger partial charge is 0.497 e. The van der Waals surface area contributed by atoms with Crippen LogP contribution in [-0.4, -0.2) is 20.3 Å². The van der Waals surface area contributed by atoms with Gasteiger partial charge < -0.3 is 14.2 Å². The smallest absolute Gasteiger partial charge is 0.125 e. The molecule has 1 aromatic rings. The summed E-state index contributed by atoms with van der Waals surface area (Å²) in [7, 11) is 3.32. The van der Waals surface area contributed by atoms with Crippen LogP contribution in [0.4, 0.5) is 0 Å². The Morgan fingerprint density at radius 2 is 1.93 bits per heavy atom. The van der Waals surface area contributed by atoms with Crippen LogP contribution in [0.2, 0.25) is 0 Å². The van der Waals surface area contributed by atoms with Gasteiger partial charge in [-0.15, -0.1) is 0 Å². The first kappa shape index (κ1) is 9.34. The van der Waals surface area contributed by atoms with E-state index in [4.69, 9.17) is 14.2 Å². The highest BCUT2D eigenvalue weighted by molar-refractivity contribution is 5.43. The third-order valence-electron chi connectivity index (χ3n) is 2.45. The molecule has 1 fully saturated rings. The van der Waals surface area contributed by atoms with Crippen LogP contribution < -0.4 is 9.47 Å². The molecule has 1 aliphatic heterocycles. The van der Waals surface area contributed by atoms with Crippen molar-refractivity contribution in [1.29, 1.82) is 0 Å². The minimum atomic E-state index is 0.167. The first-order chi connectivity index (χ1) is 6.76. The molecule has 0 unspecified atom stereocenters. The van der Waals surface area contributed by atoms with Crippen LogP contribution in [0.15, 0.2) is 18.2 Å². The average molecular weight is 194 g/mol. The quantitative estimate of drug-likeness (QED) is 0.691. The summed E-state index contributed by atoms with van der Waals surface area (Å²) >= 11 is 0. The number of hydrogen-bond donors (Lipinski definition) is 0. The zero-order valence-electron chi connectivity index (χ0n) is 8.61. The lowest BCUT2D eigenvalue weighted by molar-refractivity contribution is 0.364. The van der Waals surface area contributed by atoms with Gasteiger partial charge in [0.15, 0.2) is 0 Å². The van der Waals surface area contributed by atoms with E-state index in [9.17, 15) is 0 Å². The first-order valence-corrected chi connectivity index (χ1v) is 4.63. The minimum Gasteiger partial charge on any atom is -0.497 e. The summed E-state index contributed by atoms with van der Waals surface area (Å²) in [6.07, 6.45) is 0.455. The van der Waals surface area contributed by atoms with Crippen molar-refractivity contribution in [3.63, 3.8) is 0 Å². The Labute approximate surface area is 83.6 Å².